The van der Waals surface area contributed by atoms with E-state index in [-0.39, 0.29) is 6.61 Å². The van der Waals surface area contributed by atoms with Gasteiger partial charge in [-0.2, -0.15) is 0 Å². The summed E-state index contributed by atoms with van der Waals surface area (Å²) >= 11 is 1.30. The van der Waals surface area contributed by atoms with E-state index in [2.05, 4.69) is 5.32 Å². The van der Waals surface area contributed by atoms with Crippen LogP contribution in [0.5, 0.6) is 0 Å². The third-order valence-corrected chi connectivity index (χ3v) is 7.20. The van der Waals surface area contributed by atoms with Crippen molar-refractivity contribution in [3.8, 4) is 0 Å². The minimum Gasteiger partial charge on any atom is -0.462 e. The molecule has 8 heteroatoms. The van der Waals surface area contributed by atoms with Gasteiger partial charge < -0.3 is 14.8 Å². The molecule has 2 heterocycles. The fourth-order valence-electron chi connectivity index (χ4n) is 4.31. The number of para-hydroxylation sites is 1. The van der Waals surface area contributed by atoms with E-state index < -0.39 is 24.5 Å². The lowest BCUT2D eigenvalue weighted by Gasteiger charge is -2.15. The third kappa shape index (κ3) is 4.82. The average Bonchev–Trinajstić information content (AvgIpc) is 2.96. The Balaban J connectivity index is 1.54. The van der Waals surface area contributed by atoms with Crippen molar-refractivity contribution < 1.29 is 23.9 Å². The molecule has 0 saturated carbocycles. The van der Waals surface area contributed by atoms with Crippen molar-refractivity contribution >= 4 is 45.1 Å². The number of fused-ring (bicyclic) bond motifs is 2. The van der Waals surface area contributed by atoms with Gasteiger partial charge in [0.1, 0.15) is 5.00 Å². The molecule has 3 aromatic rings. The predicted molar refractivity (Wildman–Crippen MR) is 132 cm³/mol. The van der Waals surface area contributed by atoms with Crippen LogP contribution < -0.4 is 5.32 Å². The first kappa shape index (κ1) is 23.9. The Morgan fingerprint density at radius 1 is 1.00 bits per heavy atom. The van der Waals surface area contributed by atoms with E-state index in [1.807, 2.05) is 38.1 Å². The topological polar surface area (TPSA) is 94.6 Å². The molecular weight excluding hydrogens is 452 g/mol. The van der Waals surface area contributed by atoms with E-state index in [0.29, 0.717) is 16.1 Å². The SMILES string of the molecule is CCOC(=O)c1c(NC(=O)COC(=O)c2c3c(nc4ccccc24)CCCCC3)sc(C)c1C. The number of nitrogens with one attached hydrogen (secondary N) is 1. The Morgan fingerprint density at radius 3 is 2.53 bits per heavy atom. The first-order chi connectivity index (χ1) is 16.4. The van der Waals surface area contributed by atoms with Crippen LogP contribution in [-0.2, 0) is 27.1 Å². The van der Waals surface area contributed by atoms with Crippen LogP contribution in [0, 0.1) is 13.8 Å². The van der Waals surface area contributed by atoms with E-state index in [0.717, 1.165) is 64.7 Å². The quantitative estimate of drug-likeness (QED) is 0.387. The summed E-state index contributed by atoms with van der Waals surface area (Å²) in [5, 5.41) is 3.86. The highest BCUT2D eigenvalue weighted by Crippen LogP contribution is 2.33. The number of amides is 1. The maximum Gasteiger partial charge on any atom is 0.341 e. The highest BCUT2D eigenvalue weighted by atomic mass is 32.1. The fourth-order valence-corrected chi connectivity index (χ4v) is 5.38. The van der Waals surface area contributed by atoms with Gasteiger partial charge in [-0.1, -0.05) is 24.6 Å². The summed E-state index contributed by atoms with van der Waals surface area (Å²) in [6.07, 6.45) is 4.71. The second kappa shape index (κ2) is 10.3. The largest absolute Gasteiger partial charge is 0.462 e. The van der Waals surface area contributed by atoms with Gasteiger partial charge in [0.15, 0.2) is 6.61 Å². The third-order valence-electron chi connectivity index (χ3n) is 6.08. The van der Waals surface area contributed by atoms with Crippen molar-refractivity contribution in [2.24, 2.45) is 0 Å². The molecule has 1 amide bonds. The number of carbonyl (C=O) groups excluding carboxylic acids is 3. The summed E-state index contributed by atoms with van der Waals surface area (Å²) in [4.78, 5) is 43.9. The minimum atomic E-state index is -0.531. The molecule has 1 aliphatic rings. The summed E-state index contributed by atoms with van der Waals surface area (Å²) in [6.45, 7) is 5.20. The Labute approximate surface area is 202 Å². The molecule has 178 valence electrons. The van der Waals surface area contributed by atoms with Crippen molar-refractivity contribution in [2.75, 3.05) is 18.5 Å². The molecule has 0 fully saturated rings. The molecule has 0 aliphatic heterocycles. The van der Waals surface area contributed by atoms with Gasteiger partial charge in [0.2, 0.25) is 0 Å². The van der Waals surface area contributed by atoms with Crippen LogP contribution in [0.4, 0.5) is 5.00 Å². The lowest BCUT2D eigenvalue weighted by molar-refractivity contribution is -0.119. The Bertz CT molecular complexity index is 1260. The summed E-state index contributed by atoms with van der Waals surface area (Å²) in [7, 11) is 0. The minimum absolute atomic E-state index is 0.238. The average molecular weight is 481 g/mol. The van der Waals surface area contributed by atoms with Crippen LogP contribution in [-0.4, -0.2) is 36.0 Å². The van der Waals surface area contributed by atoms with Crippen molar-refractivity contribution in [3.05, 3.63) is 57.1 Å². The van der Waals surface area contributed by atoms with Crippen molar-refractivity contribution in [1.82, 2.24) is 4.98 Å². The highest BCUT2D eigenvalue weighted by molar-refractivity contribution is 7.16. The number of esters is 2. The monoisotopic (exact) mass is 480 g/mol. The molecule has 0 unspecified atom stereocenters. The number of aromatic nitrogens is 1. The molecule has 0 spiro atoms. The Morgan fingerprint density at radius 2 is 1.74 bits per heavy atom. The lowest BCUT2D eigenvalue weighted by atomic mass is 9.97. The van der Waals surface area contributed by atoms with Crippen molar-refractivity contribution in [1.29, 1.82) is 0 Å². The second-order valence-corrected chi connectivity index (χ2v) is 9.55. The molecule has 0 radical (unpaired) electrons. The number of hydrogen-bond acceptors (Lipinski definition) is 7. The normalized spacial score (nSPS) is 13.1. The molecule has 34 heavy (non-hydrogen) atoms. The lowest BCUT2D eigenvalue weighted by Crippen LogP contribution is -2.22. The molecule has 0 atom stereocenters. The number of pyridine rings is 1. The van der Waals surface area contributed by atoms with Crippen LogP contribution >= 0.6 is 11.3 Å². The Kier molecular flexibility index (Phi) is 7.26. The summed E-state index contributed by atoms with van der Waals surface area (Å²) in [6, 6.07) is 7.53. The number of carbonyl (C=O) groups is 3. The number of thiophene rings is 1. The zero-order valence-electron chi connectivity index (χ0n) is 19.7. The number of ether oxygens (including phenoxy) is 2. The van der Waals surface area contributed by atoms with Crippen LogP contribution in [0.15, 0.2) is 24.3 Å². The zero-order chi connectivity index (χ0) is 24.2. The second-order valence-electron chi connectivity index (χ2n) is 8.32. The van der Waals surface area contributed by atoms with Gasteiger partial charge in [-0.3, -0.25) is 9.78 Å². The van der Waals surface area contributed by atoms with Crippen LogP contribution in [0.2, 0.25) is 0 Å². The van der Waals surface area contributed by atoms with E-state index in [9.17, 15) is 14.4 Å². The number of benzene rings is 1. The number of hydrogen-bond donors (Lipinski definition) is 1. The van der Waals surface area contributed by atoms with Gasteiger partial charge in [0.05, 0.1) is 23.3 Å². The van der Waals surface area contributed by atoms with Gasteiger partial charge >= 0.3 is 11.9 Å². The van der Waals surface area contributed by atoms with Crippen LogP contribution in [0.1, 0.15) is 68.6 Å². The van der Waals surface area contributed by atoms with Crippen LogP contribution in [0.3, 0.4) is 0 Å². The number of aryl methyl sites for hydroxylation is 2. The van der Waals surface area contributed by atoms with Crippen molar-refractivity contribution in [3.63, 3.8) is 0 Å². The standard InChI is InChI=1S/C26H28N2O5S/c1-4-32-25(30)22-15(2)16(3)34-24(22)28-21(29)14-33-26(31)23-17-10-6-5-7-12-19(17)27-20-13-9-8-11-18(20)23/h8-9,11,13H,4-7,10,12,14H2,1-3H3,(H,28,29). The van der Waals surface area contributed by atoms with E-state index in [1.165, 1.54) is 11.3 Å². The van der Waals surface area contributed by atoms with Gasteiger partial charge in [-0.15, -0.1) is 11.3 Å². The maximum absolute atomic E-state index is 13.2. The van der Waals surface area contributed by atoms with Gasteiger partial charge in [0.25, 0.3) is 5.91 Å². The maximum atomic E-state index is 13.2. The molecule has 0 saturated heterocycles. The number of anilines is 1. The predicted octanol–water partition coefficient (Wildman–Crippen LogP) is 5.15. The van der Waals surface area contributed by atoms with Gasteiger partial charge in [0, 0.05) is 16.0 Å². The number of nitrogens with zero attached hydrogens (tertiary/aromatic N) is 1. The summed E-state index contributed by atoms with van der Waals surface area (Å²) in [5.74, 6) is -1.52. The molecule has 4 rings (SSSR count). The molecule has 1 aliphatic carbocycles. The molecular formula is C26H28N2O5S. The zero-order valence-corrected chi connectivity index (χ0v) is 20.5. The van der Waals surface area contributed by atoms with E-state index >= 15 is 0 Å². The van der Waals surface area contributed by atoms with Gasteiger partial charge in [-0.05, 0) is 63.6 Å². The first-order valence-electron chi connectivity index (χ1n) is 11.5. The molecule has 0 bridgehead atoms. The highest BCUT2D eigenvalue weighted by Gasteiger charge is 2.25. The molecule has 2 aromatic heterocycles. The van der Waals surface area contributed by atoms with E-state index in [1.54, 1.807) is 6.92 Å². The summed E-state index contributed by atoms with van der Waals surface area (Å²) < 4.78 is 10.6. The molecule has 1 N–H and O–H groups in total. The van der Waals surface area contributed by atoms with Crippen LogP contribution in [0.25, 0.3) is 10.9 Å². The number of rotatable bonds is 6. The first-order valence-corrected chi connectivity index (χ1v) is 12.4. The van der Waals surface area contributed by atoms with Crippen molar-refractivity contribution in [2.45, 2.75) is 52.9 Å². The Hall–Kier alpha value is -3.26. The van der Waals surface area contributed by atoms with E-state index in [4.69, 9.17) is 14.5 Å². The smallest absolute Gasteiger partial charge is 0.341 e. The molecule has 1 aromatic carbocycles. The fraction of sp³-hybridized carbons (Fsp3) is 0.385. The summed E-state index contributed by atoms with van der Waals surface area (Å²) in [5.41, 5.74) is 4.23. The van der Waals surface area contributed by atoms with Gasteiger partial charge in [-0.25, -0.2) is 9.59 Å². The molecule has 7 nitrogen and oxygen atoms in total.